The lowest BCUT2D eigenvalue weighted by molar-refractivity contribution is -0.133. The Bertz CT molecular complexity index is 1180. The number of aromatic nitrogens is 2. The molecule has 1 amide bonds. The van der Waals surface area contributed by atoms with Gasteiger partial charge in [-0.15, -0.1) is 0 Å². The fourth-order valence-electron chi connectivity index (χ4n) is 3.41. The number of carbonyl (C=O) groups excluding carboxylic acids is 2. The minimum Gasteiger partial charge on any atom is -0.494 e. The topological polar surface area (TPSA) is 73.7 Å². The Hall–Kier alpha value is -3.39. The Balaban J connectivity index is 1.62. The average molecular weight is 474 g/mol. The van der Waals surface area contributed by atoms with Crippen LogP contribution >= 0.6 is 11.6 Å². The Labute approximate surface area is 196 Å². The molecule has 0 bridgehead atoms. The quantitative estimate of drug-likeness (QED) is 0.459. The van der Waals surface area contributed by atoms with Gasteiger partial charge in [-0.25, -0.2) is 9.18 Å². The zero-order valence-electron chi connectivity index (χ0n) is 18.9. The number of rotatable bonds is 8. The molecule has 0 aliphatic heterocycles. The molecule has 33 heavy (non-hydrogen) atoms. The summed E-state index contributed by atoms with van der Waals surface area (Å²) in [6.45, 7) is 3.59. The molecule has 0 fully saturated rings. The maximum atomic E-state index is 13.9. The summed E-state index contributed by atoms with van der Waals surface area (Å²) in [4.78, 5) is 26.5. The second kappa shape index (κ2) is 10.5. The summed E-state index contributed by atoms with van der Waals surface area (Å²) < 4.78 is 25.7. The van der Waals surface area contributed by atoms with Gasteiger partial charge >= 0.3 is 5.97 Å². The predicted molar refractivity (Wildman–Crippen MR) is 122 cm³/mol. The molecule has 9 heteroatoms. The SMILES string of the molecule is COc1ccc(CN(C)C(=O)COC(=O)c2c(C)nn(Cc3ccccc3Cl)c2C)cc1F. The van der Waals surface area contributed by atoms with Crippen LogP contribution in [0.3, 0.4) is 0 Å². The third kappa shape index (κ3) is 5.70. The molecule has 3 aromatic rings. The minimum atomic E-state index is -0.632. The Morgan fingerprint density at radius 1 is 1.18 bits per heavy atom. The van der Waals surface area contributed by atoms with E-state index >= 15 is 0 Å². The Morgan fingerprint density at radius 2 is 1.91 bits per heavy atom. The van der Waals surface area contributed by atoms with E-state index < -0.39 is 24.3 Å². The summed E-state index contributed by atoms with van der Waals surface area (Å²) in [5, 5.41) is 5.03. The van der Waals surface area contributed by atoms with E-state index in [0.29, 0.717) is 34.1 Å². The van der Waals surface area contributed by atoms with Crippen LogP contribution in [0.5, 0.6) is 5.75 Å². The van der Waals surface area contributed by atoms with Crippen molar-refractivity contribution in [3.8, 4) is 5.75 Å². The van der Waals surface area contributed by atoms with Crippen molar-refractivity contribution in [2.45, 2.75) is 26.9 Å². The number of aryl methyl sites for hydroxylation is 1. The second-order valence-corrected chi connectivity index (χ2v) is 8.00. The number of likely N-dealkylation sites (N-methyl/N-ethyl adjacent to an activating group) is 1. The standard InChI is InChI=1S/C24H25ClFN3O4/c1-15-23(16(2)29(27-15)13-18-7-5-6-8-19(18)25)24(31)33-14-22(30)28(3)12-17-9-10-21(32-4)20(26)11-17/h5-11H,12-14H2,1-4H3. The monoisotopic (exact) mass is 473 g/mol. The van der Waals surface area contributed by atoms with Crippen LogP contribution in [-0.2, 0) is 22.6 Å². The van der Waals surface area contributed by atoms with E-state index in [1.165, 1.54) is 24.1 Å². The summed E-state index contributed by atoms with van der Waals surface area (Å²) in [6, 6.07) is 11.9. The van der Waals surface area contributed by atoms with Crippen molar-refractivity contribution in [1.29, 1.82) is 0 Å². The second-order valence-electron chi connectivity index (χ2n) is 7.59. The largest absolute Gasteiger partial charge is 0.494 e. The number of ether oxygens (including phenoxy) is 2. The summed E-state index contributed by atoms with van der Waals surface area (Å²) in [5.41, 5.74) is 2.89. The number of halogens is 2. The van der Waals surface area contributed by atoms with Crippen molar-refractivity contribution in [2.75, 3.05) is 20.8 Å². The van der Waals surface area contributed by atoms with E-state index in [2.05, 4.69) is 5.10 Å². The number of benzene rings is 2. The van der Waals surface area contributed by atoms with Crippen LogP contribution in [-0.4, -0.2) is 47.3 Å². The molecule has 0 saturated heterocycles. The lowest BCUT2D eigenvalue weighted by Gasteiger charge is -2.17. The first-order valence-electron chi connectivity index (χ1n) is 10.2. The molecule has 2 aromatic carbocycles. The molecule has 0 saturated carbocycles. The highest BCUT2D eigenvalue weighted by Gasteiger charge is 2.22. The van der Waals surface area contributed by atoms with Crippen molar-refractivity contribution in [3.05, 3.63) is 81.4 Å². The number of methoxy groups -OCH3 is 1. The van der Waals surface area contributed by atoms with Gasteiger partial charge in [-0.05, 0) is 43.2 Å². The molecule has 0 N–H and O–H groups in total. The number of esters is 1. The highest BCUT2D eigenvalue weighted by molar-refractivity contribution is 6.31. The van der Waals surface area contributed by atoms with Gasteiger partial charge in [0.05, 0.1) is 25.0 Å². The van der Waals surface area contributed by atoms with Gasteiger partial charge in [0.25, 0.3) is 5.91 Å². The predicted octanol–water partition coefficient (Wildman–Crippen LogP) is 4.16. The van der Waals surface area contributed by atoms with E-state index in [0.717, 1.165) is 5.56 Å². The van der Waals surface area contributed by atoms with Gasteiger partial charge in [0.1, 0.15) is 5.56 Å². The van der Waals surface area contributed by atoms with Gasteiger partial charge in [0.2, 0.25) is 0 Å². The molecule has 1 aromatic heterocycles. The van der Waals surface area contributed by atoms with Crippen molar-refractivity contribution in [1.82, 2.24) is 14.7 Å². The lowest BCUT2D eigenvalue weighted by atomic mass is 10.2. The molecule has 1 heterocycles. The maximum absolute atomic E-state index is 13.9. The number of amides is 1. The Morgan fingerprint density at radius 3 is 2.58 bits per heavy atom. The highest BCUT2D eigenvalue weighted by Crippen LogP contribution is 2.21. The minimum absolute atomic E-state index is 0.127. The van der Waals surface area contributed by atoms with Gasteiger partial charge < -0.3 is 14.4 Å². The smallest absolute Gasteiger partial charge is 0.342 e. The summed E-state index contributed by atoms with van der Waals surface area (Å²) in [6.07, 6.45) is 0. The first-order chi connectivity index (χ1) is 15.7. The van der Waals surface area contributed by atoms with Gasteiger partial charge in [-0.3, -0.25) is 9.48 Å². The van der Waals surface area contributed by atoms with Crippen LogP contribution in [0.2, 0.25) is 5.02 Å². The van der Waals surface area contributed by atoms with Crippen molar-refractivity contribution in [2.24, 2.45) is 0 Å². The molecule has 0 aliphatic rings. The fourth-order valence-corrected chi connectivity index (χ4v) is 3.61. The molecule has 3 rings (SSSR count). The molecule has 0 radical (unpaired) electrons. The van der Waals surface area contributed by atoms with Crippen molar-refractivity contribution >= 4 is 23.5 Å². The van der Waals surface area contributed by atoms with Crippen LogP contribution in [0, 0.1) is 19.7 Å². The first-order valence-corrected chi connectivity index (χ1v) is 10.6. The van der Waals surface area contributed by atoms with E-state index in [1.54, 1.807) is 37.7 Å². The van der Waals surface area contributed by atoms with E-state index in [4.69, 9.17) is 21.1 Å². The van der Waals surface area contributed by atoms with Gasteiger partial charge in [0, 0.05) is 18.6 Å². The Kier molecular flexibility index (Phi) is 7.71. The van der Waals surface area contributed by atoms with Crippen LogP contribution in [0.4, 0.5) is 4.39 Å². The van der Waals surface area contributed by atoms with Crippen LogP contribution in [0.15, 0.2) is 42.5 Å². The third-order valence-electron chi connectivity index (χ3n) is 5.25. The van der Waals surface area contributed by atoms with Crippen molar-refractivity contribution < 1.29 is 23.5 Å². The molecule has 0 spiro atoms. The molecule has 0 unspecified atom stereocenters. The summed E-state index contributed by atoms with van der Waals surface area (Å²) >= 11 is 6.23. The average Bonchev–Trinajstić information content (AvgIpc) is 3.06. The fraction of sp³-hybridized carbons (Fsp3) is 0.292. The van der Waals surface area contributed by atoms with Gasteiger partial charge in [-0.2, -0.15) is 5.10 Å². The van der Waals surface area contributed by atoms with E-state index in [9.17, 15) is 14.0 Å². The normalized spacial score (nSPS) is 10.7. The zero-order valence-corrected chi connectivity index (χ0v) is 19.6. The summed E-state index contributed by atoms with van der Waals surface area (Å²) in [5.74, 6) is -1.43. The van der Waals surface area contributed by atoms with Crippen LogP contribution in [0.25, 0.3) is 0 Å². The number of hydrogen-bond donors (Lipinski definition) is 0. The maximum Gasteiger partial charge on any atom is 0.342 e. The molecule has 7 nitrogen and oxygen atoms in total. The number of carbonyl (C=O) groups is 2. The molecule has 0 aliphatic carbocycles. The molecular formula is C24H25ClFN3O4. The van der Waals surface area contributed by atoms with Crippen LogP contribution < -0.4 is 4.74 Å². The number of nitrogens with zero attached hydrogens (tertiary/aromatic N) is 3. The molecule has 174 valence electrons. The zero-order chi connectivity index (χ0) is 24.1. The summed E-state index contributed by atoms with van der Waals surface area (Å²) in [7, 11) is 2.93. The van der Waals surface area contributed by atoms with Gasteiger partial charge in [-0.1, -0.05) is 35.9 Å². The van der Waals surface area contributed by atoms with Crippen molar-refractivity contribution in [3.63, 3.8) is 0 Å². The van der Waals surface area contributed by atoms with E-state index in [-0.39, 0.29) is 12.3 Å². The number of hydrogen-bond acceptors (Lipinski definition) is 5. The van der Waals surface area contributed by atoms with Gasteiger partial charge in [0.15, 0.2) is 18.2 Å². The van der Waals surface area contributed by atoms with E-state index in [1.807, 2.05) is 18.2 Å². The molecule has 0 atom stereocenters. The molecular weight excluding hydrogens is 449 g/mol. The van der Waals surface area contributed by atoms with Crippen LogP contribution in [0.1, 0.15) is 32.9 Å². The highest BCUT2D eigenvalue weighted by atomic mass is 35.5. The third-order valence-corrected chi connectivity index (χ3v) is 5.62. The lowest BCUT2D eigenvalue weighted by Crippen LogP contribution is -2.31. The first kappa shape index (κ1) is 24.3.